The monoisotopic (exact) mass is 336 g/mol. The molecule has 0 amide bonds. The normalized spacial score (nSPS) is 21.6. The number of carbonyl (C=O) groups is 1. The smallest absolute Gasteiger partial charge is 0.163 e. The van der Waals surface area contributed by atoms with Gasteiger partial charge in [-0.15, -0.1) is 0 Å². The molecule has 2 N–H and O–H groups in total. The standard InChI is InChI=1S/C21H21FN2O/c1-21(2)11-17-19(18(25)12-21)20(13-7-3-4-8-14(13)22)24-16-10-6-5-9-15(16)23-17/h3-10,20,23-24H,11-12H2,1-2H3/t20-/m0/s1. The number of Topliss-reactive ketones (excluding diaryl/α,β-unsaturated/α-hetero) is 1. The molecular formula is C21H21FN2O. The number of ketones is 1. The Kier molecular flexibility index (Phi) is 3.64. The summed E-state index contributed by atoms with van der Waals surface area (Å²) in [6, 6.07) is 14.0. The van der Waals surface area contributed by atoms with Crippen LogP contribution in [0.15, 0.2) is 59.8 Å². The molecule has 1 aliphatic carbocycles. The number of fused-ring (bicyclic) bond motifs is 1. The molecule has 25 heavy (non-hydrogen) atoms. The first-order valence-electron chi connectivity index (χ1n) is 8.58. The van der Waals surface area contributed by atoms with E-state index in [-0.39, 0.29) is 17.0 Å². The van der Waals surface area contributed by atoms with Gasteiger partial charge in [-0.25, -0.2) is 4.39 Å². The van der Waals surface area contributed by atoms with Crippen LogP contribution in [0.3, 0.4) is 0 Å². The van der Waals surface area contributed by atoms with Crippen LogP contribution in [0.2, 0.25) is 0 Å². The molecular weight excluding hydrogens is 315 g/mol. The van der Waals surface area contributed by atoms with E-state index in [1.807, 2.05) is 30.3 Å². The van der Waals surface area contributed by atoms with Crippen molar-refractivity contribution in [3.8, 4) is 0 Å². The molecule has 1 aliphatic heterocycles. The van der Waals surface area contributed by atoms with Gasteiger partial charge in [0.2, 0.25) is 0 Å². The number of para-hydroxylation sites is 2. The van der Waals surface area contributed by atoms with Crippen LogP contribution in [0.4, 0.5) is 15.8 Å². The highest BCUT2D eigenvalue weighted by molar-refractivity contribution is 6.01. The maximum Gasteiger partial charge on any atom is 0.163 e. The Morgan fingerprint density at radius 3 is 2.44 bits per heavy atom. The number of rotatable bonds is 1. The maximum atomic E-state index is 14.5. The summed E-state index contributed by atoms with van der Waals surface area (Å²) < 4.78 is 14.5. The molecule has 0 unspecified atom stereocenters. The van der Waals surface area contributed by atoms with E-state index in [0.717, 1.165) is 23.5 Å². The van der Waals surface area contributed by atoms with Gasteiger partial charge in [0.15, 0.2) is 5.78 Å². The third kappa shape index (κ3) is 2.82. The first-order valence-corrected chi connectivity index (χ1v) is 8.58. The number of anilines is 2. The van der Waals surface area contributed by atoms with Crippen LogP contribution in [0.5, 0.6) is 0 Å². The summed E-state index contributed by atoms with van der Waals surface area (Å²) in [6.07, 6.45) is 1.23. The zero-order chi connectivity index (χ0) is 17.6. The summed E-state index contributed by atoms with van der Waals surface area (Å²) in [6.45, 7) is 4.19. The first-order chi connectivity index (χ1) is 11.9. The van der Waals surface area contributed by atoms with E-state index in [4.69, 9.17) is 0 Å². The Hall–Kier alpha value is -2.62. The second-order valence-corrected chi connectivity index (χ2v) is 7.60. The molecule has 2 aromatic carbocycles. The zero-order valence-corrected chi connectivity index (χ0v) is 14.4. The Balaban J connectivity index is 1.92. The van der Waals surface area contributed by atoms with Gasteiger partial charge >= 0.3 is 0 Å². The minimum Gasteiger partial charge on any atom is -0.372 e. The SMILES string of the molecule is CC1(C)CC(=O)C2=C(C1)Nc1ccccc1N[C@H]2c1ccccc1F. The van der Waals surface area contributed by atoms with Crippen molar-refractivity contribution in [2.45, 2.75) is 32.7 Å². The van der Waals surface area contributed by atoms with Crippen molar-refractivity contribution in [3.05, 3.63) is 71.2 Å². The van der Waals surface area contributed by atoms with Crippen molar-refractivity contribution in [2.75, 3.05) is 10.6 Å². The number of hydrogen-bond donors (Lipinski definition) is 2. The molecule has 0 bridgehead atoms. The van der Waals surface area contributed by atoms with E-state index in [1.165, 1.54) is 6.07 Å². The molecule has 4 heteroatoms. The van der Waals surface area contributed by atoms with Crippen molar-refractivity contribution in [1.29, 1.82) is 0 Å². The van der Waals surface area contributed by atoms with E-state index in [9.17, 15) is 9.18 Å². The molecule has 1 atom stereocenters. The molecule has 0 spiro atoms. The Labute approximate surface area is 146 Å². The van der Waals surface area contributed by atoms with E-state index in [2.05, 4.69) is 24.5 Å². The minimum absolute atomic E-state index is 0.0762. The lowest BCUT2D eigenvalue weighted by atomic mass is 9.73. The van der Waals surface area contributed by atoms with Crippen LogP contribution in [0.1, 0.15) is 38.3 Å². The molecule has 1 heterocycles. The van der Waals surface area contributed by atoms with Gasteiger partial charge in [0.25, 0.3) is 0 Å². The number of nitrogens with one attached hydrogen (secondary N) is 2. The molecule has 2 aromatic rings. The molecule has 0 saturated carbocycles. The van der Waals surface area contributed by atoms with E-state index in [0.29, 0.717) is 17.6 Å². The van der Waals surface area contributed by atoms with Gasteiger partial charge in [-0.3, -0.25) is 4.79 Å². The number of hydrogen-bond acceptors (Lipinski definition) is 3. The van der Waals surface area contributed by atoms with Crippen molar-refractivity contribution in [1.82, 2.24) is 0 Å². The Morgan fingerprint density at radius 2 is 1.68 bits per heavy atom. The number of halogens is 1. The van der Waals surface area contributed by atoms with Gasteiger partial charge in [0, 0.05) is 23.3 Å². The lowest BCUT2D eigenvalue weighted by Gasteiger charge is -2.34. The van der Waals surface area contributed by atoms with Crippen LogP contribution >= 0.6 is 0 Å². The van der Waals surface area contributed by atoms with Crippen LogP contribution in [-0.2, 0) is 4.79 Å². The van der Waals surface area contributed by atoms with E-state index >= 15 is 0 Å². The highest BCUT2D eigenvalue weighted by Crippen LogP contribution is 2.45. The summed E-state index contributed by atoms with van der Waals surface area (Å²) in [5.74, 6) is -0.226. The number of carbonyl (C=O) groups excluding carboxylic acids is 1. The lowest BCUT2D eigenvalue weighted by Crippen LogP contribution is -2.31. The van der Waals surface area contributed by atoms with E-state index < -0.39 is 6.04 Å². The molecule has 2 aliphatic rings. The van der Waals surface area contributed by atoms with Gasteiger partial charge in [-0.05, 0) is 30.0 Å². The average molecular weight is 336 g/mol. The van der Waals surface area contributed by atoms with Crippen LogP contribution in [0.25, 0.3) is 0 Å². The topological polar surface area (TPSA) is 41.1 Å². The molecule has 0 radical (unpaired) electrons. The van der Waals surface area contributed by atoms with Gasteiger partial charge in [-0.2, -0.15) is 0 Å². The Morgan fingerprint density at radius 1 is 1.00 bits per heavy atom. The molecule has 128 valence electrons. The third-order valence-corrected chi connectivity index (χ3v) is 4.94. The quantitative estimate of drug-likeness (QED) is 0.766. The molecule has 4 rings (SSSR count). The molecule has 0 saturated heterocycles. The zero-order valence-electron chi connectivity index (χ0n) is 14.4. The highest BCUT2D eigenvalue weighted by Gasteiger charge is 2.39. The lowest BCUT2D eigenvalue weighted by molar-refractivity contribution is -0.118. The van der Waals surface area contributed by atoms with E-state index in [1.54, 1.807) is 12.1 Å². The predicted octanol–water partition coefficient (Wildman–Crippen LogP) is 5.05. The van der Waals surface area contributed by atoms with Gasteiger partial charge in [-0.1, -0.05) is 44.2 Å². The number of allylic oxidation sites excluding steroid dienone is 1. The minimum atomic E-state index is -0.490. The summed E-state index contributed by atoms with van der Waals surface area (Å²) in [4.78, 5) is 13.0. The van der Waals surface area contributed by atoms with Gasteiger partial charge < -0.3 is 10.6 Å². The third-order valence-electron chi connectivity index (χ3n) is 4.94. The second kappa shape index (κ2) is 5.73. The fourth-order valence-corrected chi connectivity index (χ4v) is 3.83. The maximum absolute atomic E-state index is 14.5. The molecule has 3 nitrogen and oxygen atoms in total. The average Bonchev–Trinajstić information content (AvgIpc) is 2.70. The van der Waals surface area contributed by atoms with Crippen molar-refractivity contribution in [3.63, 3.8) is 0 Å². The molecule has 0 fully saturated rings. The first kappa shape index (κ1) is 15.9. The summed E-state index contributed by atoms with van der Waals surface area (Å²) in [5, 5.41) is 6.83. The number of benzene rings is 2. The summed E-state index contributed by atoms with van der Waals surface area (Å²) in [7, 11) is 0. The summed E-state index contributed by atoms with van der Waals surface area (Å²) in [5.41, 5.74) is 3.73. The molecule has 0 aromatic heterocycles. The van der Waals surface area contributed by atoms with Gasteiger partial charge in [0.05, 0.1) is 17.4 Å². The highest BCUT2D eigenvalue weighted by atomic mass is 19.1. The fourth-order valence-electron chi connectivity index (χ4n) is 3.83. The largest absolute Gasteiger partial charge is 0.372 e. The fraction of sp³-hybridized carbons (Fsp3) is 0.286. The van der Waals surface area contributed by atoms with Gasteiger partial charge in [0.1, 0.15) is 5.82 Å². The summed E-state index contributed by atoms with van der Waals surface area (Å²) >= 11 is 0. The van der Waals surface area contributed by atoms with Crippen LogP contribution in [0, 0.1) is 11.2 Å². The van der Waals surface area contributed by atoms with Crippen LogP contribution in [-0.4, -0.2) is 5.78 Å². The van der Waals surface area contributed by atoms with Crippen molar-refractivity contribution >= 4 is 17.2 Å². The second-order valence-electron chi connectivity index (χ2n) is 7.60. The predicted molar refractivity (Wildman–Crippen MR) is 97.9 cm³/mol. The van der Waals surface area contributed by atoms with Crippen molar-refractivity contribution in [2.24, 2.45) is 5.41 Å². The Bertz CT molecular complexity index is 885. The van der Waals surface area contributed by atoms with Crippen LogP contribution < -0.4 is 10.6 Å². The van der Waals surface area contributed by atoms with Crippen molar-refractivity contribution < 1.29 is 9.18 Å².